The van der Waals surface area contributed by atoms with Crippen molar-refractivity contribution in [1.29, 1.82) is 0 Å². The molecule has 2 aromatic heterocycles. The van der Waals surface area contributed by atoms with Crippen LogP contribution < -0.4 is 0 Å². The molecule has 2 aliphatic rings. The van der Waals surface area contributed by atoms with Crippen molar-refractivity contribution in [2.24, 2.45) is 5.92 Å². The van der Waals surface area contributed by atoms with Crippen LogP contribution in [0.3, 0.4) is 0 Å². The number of thiophene rings is 1. The summed E-state index contributed by atoms with van der Waals surface area (Å²) in [5, 5.41) is 4.07. The maximum Gasteiger partial charge on any atom is 0.263 e. The molecule has 0 unspecified atom stereocenters. The van der Waals surface area contributed by atoms with Crippen molar-refractivity contribution < 1.29 is 9.32 Å². The number of nitrogens with zero attached hydrogens (tertiary/aromatic N) is 3. The van der Waals surface area contributed by atoms with E-state index in [4.69, 9.17) is 16.1 Å². The summed E-state index contributed by atoms with van der Waals surface area (Å²) in [6.07, 6.45) is 5.21. The minimum Gasteiger partial charge on any atom is -0.339 e. The fraction of sp³-hybridized carbons (Fsp3) is 0.562. The highest BCUT2D eigenvalue weighted by molar-refractivity contribution is 7.17. The van der Waals surface area contributed by atoms with Crippen LogP contribution in [-0.2, 0) is 6.42 Å². The van der Waals surface area contributed by atoms with Gasteiger partial charge in [0.1, 0.15) is 0 Å². The number of halogens is 1. The van der Waals surface area contributed by atoms with Gasteiger partial charge >= 0.3 is 0 Å². The molecule has 1 aliphatic carbocycles. The van der Waals surface area contributed by atoms with Gasteiger partial charge < -0.3 is 9.42 Å². The van der Waals surface area contributed by atoms with E-state index in [9.17, 15) is 4.79 Å². The van der Waals surface area contributed by atoms with Crippen molar-refractivity contribution >= 4 is 28.8 Å². The first-order valence-electron chi connectivity index (χ1n) is 8.06. The van der Waals surface area contributed by atoms with Gasteiger partial charge in [-0.3, -0.25) is 4.79 Å². The Morgan fingerprint density at radius 3 is 3.00 bits per heavy atom. The average molecular weight is 352 g/mol. The molecule has 0 N–H and O–H groups in total. The van der Waals surface area contributed by atoms with Gasteiger partial charge in [-0.1, -0.05) is 16.8 Å². The number of rotatable bonds is 4. The third kappa shape index (κ3) is 3.43. The first-order chi connectivity index (χ1) is 11.2. The van der Waals surface area contributed by atoms with E-state index >= 15 is 0 Å². The standard InChI is InChI=1S/C16H18ClN3O2S/c17-13-6-5-12(23-13)16(21)20-7-1-2-10(9-20)8-14-18-15(19-22-14)11-3-4-11/h5-6,10-11H,1-4,7-9H2/t10-/m0/s1. The number of aromatic nitrogens is 2. The third-order valence-corrected chi connectivity index (χ3v) is 5.70. The Morgan fingerprint density at radius 2 is 2.26 bits per heavy atom. The molecule has 0 radical (unpaired) electrons. The highest BCUT2D eigenvalue weighted by Crippen LogP contribution is 2.38. The second-order valence-electron chi connectivity index (χ2n) is 6.39. The first-order valence-corrected chi connectivity index (χ1v) is 9.25. The number of carbonyl (C=O) groups is 1. The molecule has 1 saturated carbocycles. The van der Waals surface area contributed by atoms with Crippen LogP contribution in [0.15, 0.2) is 16.7 Å². The molecule has 1 aliphatic heterocycles. The Morgan fingerprint density at radius 1 is 1.39 bits per heavy atom. The van der Waals surface area contributed by atoms with Gasteiger partial charge in [0.2, 0.25) is 5.89 Å². The average Bonchev–Trinajstić information content (AvgIpc) is 3.16. The second-order valence-corrected chi connectivity index (χ2v) is 8.10. The number of carbonyl (C=O) groups excluding carboxylic acids is 1. The lowest BCUT2D eigenvalue weighted by molar-refractivity contribution is 0.0673. The summed E-state index contributed by atoms with van der Waals surface area (Å²) < 4.78 is 6.03. The molecule has 1 atom stereocenters. The lowest BCUT2D eigenvalue weighted by Crippen LogP contribution is -2.40. The van der Waals surface area contributed by atoms with E-state index in [-0.39, 0.29) is 5.91 Å². The van der Waals surface area contributed by atoms with E-state index in [1.807, 2.05) is 4.90 Å². The Balaban J connectivity index is 1.39. The number of hydrogen-bond donors (Lipinski definition) is 0. The summed E-state index contributed by atoms with van der Waals surface area (Å²) >= 11 is 7.27. The molecule has 1 amide bonds. The zero-order valence-electron chi connectivity index (χ0n) is 12.7. The number of likely N-dealkylation sites (tertiary alicyclic amines) is 1. The molecular formula is C16H18ClN3O2S. The van der Waals surface area contributed by atoms with Crippen molar-refractivity contribution in [2.45, 2.75) is 38.0 Å². The number of hydrogen-bond acceptors (Lipinski definition) is 5. The van der Waals surface area contributed by atoms with Crippen LogP contribution >= 0.6 is 22.9 Å². The van der Waals surface area contributed by atoms with E-state index in [0.717, 1.165) is 38.2 Å². The first kappa shape index (κ1) is 15.1. The maximum absolute atomic E-state index is 12.5. The largest absolute Gasteiger partial charge is 0.339 e. The van der Waals surface area contributed by atoms with Gasteiger partial charge in [-0.05, 0) is 43.7 Å². The van der Waals surface area contributed by atoms with Gasteiger partial charge in [-0.25, -0.2) is 0 Å². The predicted molar refractivity (Wildman–Crippen MR) is 87.9 cm³/mol. The molecule has 23 heavy (non-hydrogen) atoms. The van der Waals surface area contributed by atoms with Gasteiger partial charge in [-0.15, -0.1) is 11.3 Å². The van der Waals surface area contributed by atoms with Crippen LogP contribution in [0, 0.1) is 5.92 Å². The van der Waals surface area contributed by atoms with Crippen LogP contribution in [-0.4, -0.2) is 34.0 Å². The predicted octanol–water partition coefficient (Wildman–Crippen LogP) is 3.76. The molecule has 0 spiro atoms. The second kappa shape index (κ2) is 6.24. The molecule has 7 heteroatoms. The zero-order chi connectivity index (χ0) is 15.8. The quantitative estimate of drug-likeness (QED) is 0.841. The van der Waals surface area contributed by atoms with E-state index in [1.165, 1.54) is 24.2 Å². The van der Waals surface area contributed by atoms with Crippen molar-refractivity contribution in [2.75, 3.05) is 13.1 Å². The topological polar surface area (TPSA) is 59.2 Å². The minimum absolute atomic E-state index is 0.0794. The SMILES string of the molecule is O=C(c1ccc(Cl)s1)N1CCC[C@@H](Cc2nc(C3CC3)no2)C1. The Bertz CT molecular complexity index is 710. The van der Waals surface area contributed by atoms with Crippen LogP contribution in [0.25, 0.3) is 0 Å². The molecule has 0 aromatic carbocycles. The minimum atomic E-state index is 0.0794. The lowest BCUT2D eigenvalue weighted by atomic mass is 9.94. The monoisotopic (exact) mass is 351 g/mol. The summed E-state index contributed by atoms with van der Waals surface area (Å²) in [7, 11) is 0. The van der Waals surface area contributed by atoms with Gasteiger partial charge in [0.15, 0.2) is 5.82 Å². The molecule has 4 rings (SSSR count). The summed E-state index contributed by atoms with van der Waals surface area (Å²) in [6.45, 7) is 1.55. The molecular weight excluding hydrogens is 334 g/mol. The molecule has 2 fully saturated rings. The number of amides is 1. The lowest BCUT2D eigenvalue weighted by Gasteiger charge is -2.31. The molecule has 5 nitrogen and oxygen atoms in total. The van der Waals surface area contributed by atoms with E-state index < -0.39 is 0 Å². The summed E-state index contributed by atoms with van der Waals surface area (Å²) in [4.78, 5) is 19.7. The van der Waals surface area contributed by atoms with Crippen LogP contribution in [0.1, 0.15) is 53.0 Å². The highest BCUT2D eigenvalue weighted by Gasteiger charge is 2.30. The smallest absolute Gasteiger partial charge is 0.263 e. The molecule has 3 heterocycles. The molecule has 0 bridgehead atoms. The maximum atomic E-state index is 12.5. The van der Waals surface area contributed by atoms with Gasteiger partial charge in [0.05, 0.1) is 9.21 Å². The van der Waals surface area contributed by atoms with E-state index in [1.54, 1.807) is 12.1 Å². The van der Waals surface area contributed by atoms with Crippen LogP contribution in [0.2, 0.25) is 4.34 Å². The summed E-state index contributed by atoms with van der Waals surface area (Å²) in [5.41, 5.74) is 0. The molecule has 1 saturated heterocycles. The van der Waals surface area contributed by atoms with Crippen LogP contribution in [0.4, 0.5) is 0 Å². The fourth-order valence-corrected chi connectivity index (χ4v) is 4.12. The fourth-order valence-electron chi connectivity index (χ4n) is 3.11. The van der Waals surface area contributed by atoms with E-state index in [2.05, 4.69) is 10.1 Å². The van der Waals surface area contributed by atoms with Gasteiger partial charge in [0, 0.05) is 25.4 Å². The third-order valence-electron chi connectivity index (χ3n) is 4.48. The van der Waals surface area contributed by atoms with Gasteiger partial charge in [0.25, 0.3) is 5.91 Å². The summed E-state index contributed by atoms with van der Waals surface area (Å²) in [6, 6.07) is 3.58. The van der Waals surface area contributed by atoms with Gasteiger partial charge in [-0.2, -0.15) is 4.98 Å². The van der Waals surface area contributed by atoms with E-state index in [0.29, 0.717) is 26.9 Å². The summed E-state index contributed by atoms with van der Waals surface area (Å²) in [5.74, 6) is 2.55. The Labute approximate surface area is 143 Å². The van der Waals surface area contributed by atoms with Crippen LogP contribution in [0.5, 0.6) is 0 Å². The van der Waals surface area contributed by atoms with Crippen molar-refractivity contribution in [3.8, 4) is 0 Å². The van der Waals surface area contributed by atoms with Crippen molar-refractivity contribution in [3.63, 3.8) is 0 Å². The normalized spacial score (nSPS) is 21.6. The zero-order valence-corrected chi connectivity index (χ0v) is 14.3. The Kier molecular flexibility index (Phi) is 4.11. The Hall–Kier alpha value is -1.40. The highest BCUT2D eigenvalue weighted by atomic mass is 35.5. The number of piperidine rings is 1. The van der Waals surface area contributed by atoms with Crippen molar-refractivity contribution in [3.05, 3.63) is 33.1 Å². The molecule has 2 aromatic rings. The molecule has 122 valence electrons. The van der Waals surface area contributed by atoms with Crippen molar-refractivity contribution in [1.82, 2.24) is 15.0 Å².